The summed E-state index contributed by atoms with van der Waals surface area (Å²) in [6, 6.07) is 6.79. The SMILES string of the molecule is Cc1c(CNC2CC2)[nH]c2c(Cl)cccc12. The summed E-state index contributed by atoms with van der Waals surface area (Å²) in [5.41, 5.74) is 3.63. The molecule has 0 amide bonds. The summed E-state index contributed by atoms with van der Waals surface area (Å²) < 4.78 is 0. The topological polar surface area (TPSA) is 27.8 Å². The van der Waals surface area contributed by atoms with E-state index in [9.17, 15) is 0 Å². The van der Waals surface area contributed by atoms with Crippen LogP contribution in [0, 0.1) is 6.92 Å². The third-order valence-electron chi connectivity index (χ3n) is 3.29. The normalized spacial score (nSPS) is 15.9. The van der Waals surface area contributed by atoms with Crippen molar-refractivity contribution in [3.8, 4) is 0 Å². The van der Waals surface area contributed by atoms with Crippen molar-refractivity contribution in [1.29, 1.82) is 0 Å². The molecular weight excluding hydrogens is 220 g/mol. The fraction of sp³-hybridized carbons (Fsp3) is 0.385. The molecule has 1 saturated carbocycles. The summed E-state index contributed by atoms with van der Waals surface area (Å²) in [7, 11) is 0. The lowest BCUT2D eigenvalue weighted by Gasteiger charge is -2.01. The fourth-order valence-corrected chi connectivity index (χ4v) is 2.30. The second-order valence-electron chi connectivity index (χ2n) is 4.55. The minimum absolute atomic E-state index is 0.737. The first-order chi connectivity index (χ1) is 7.75. The van der Waals surface area contributed by atoms with Crippen molar-refractivity contribution in [3.63, 3.8) is 0 Å². The molecular formula is C13H15ClN2. The first kappa shape index (κ1) is 10.2. The van der Waals surface area contributed by atoms with Crippen LogP contribution in [0.1, 0.15) is 24.1 Å². The number of hydrogen-bond donors (Lipinski definition) is 2. The van der Waals surface area contributed by atoms with Crippen molar-refractivity contribution in [1.82, 2.24) is 10.3 Å². The van der Waals surface area contributed by atoms with E-state index in [1.807, 2.05) is 12.1 Å². The van der Waals surface area contributed by atoms with Gasteiger partial charge in [-0.3, -0.25) is 0 Å². The van der Waals surface area contributed by atoms with Crippen molar-refractivity contribution >= 4 is 22.5 Å². The second-order valence-corrected chi connectivity index (χ2v) is 4.95. The Hall–Kier alpha value is -0.990. The number of aryl methyl sites for hydroxylation is 1. The van der Waals surface area contributed by atoms with Gasteiger partial charge in [-0.25, -0.2) is 0 Å². The van der Waals surface area contributed by atoms with Crippen LogP contribution in [0.4, 0.5) is 0 Å². The smallest absolute Gasteiger partial charge is 0.0648 e. The van der Waals surface area contributed by atoms with Crippen LogP contribution in [-0.2, 0) is 6.54 Å². The molecule has 1 aliphatic carbocycles. The second kappa shape index (κ2) is 3.79. The highest BCUT2D eigenvalue weighted by atomic mass is 35.5. The molecule has 0 spiro atoms. The number of fused-ring (bicyclic) bond motifs is 1. The lowest BCUT2D eigenvalue weighted by molar-refractivity contribution is 0.676. The number of halogens is 1. The molecule has 3 heteroatoms. The Morgan fingerprint density at radius 2 is 2.25 bits per heavy atom. The van der Waals surface area contributed by atoms with Crippen molar-refractivity contribution in [2.75, 3.05) is 0 Å². The highest BCUT2D eigenvalue weighted by Crippen LogP contribution is 2.28. The zero-order valence-corrected chi connectivity index (χ0v) is 10.1. The molecule has 1 aromatic carbocycles. The van der Waals surface area contributed by atoms with Crippen LogP contribution < -0.4 is 5.32 Å². The molecule has 0 aliphatic heterocycles. The first-order valence-corrected chi connectivity index (χ1v) is 6.12. The van der Waals surface area contributed by atoms with E-state index in [4.69, 9.17) is 11.6 Å². The predicted molar refractivity (Wildman–Crippen MR) is 67.9 cm³/mol. The van der Waals surface area contributed by atoms with Gasteiger partial charge in [0.05, 0.1) is 10.5 Å². The Morgan fingerprint density at radius 3 is 2.94 bits per heavy atom. The number of benzene rings is 1. The highest BCUT2D eigenvalue weighted by Gasteiger charge is 2.21. The van der Waals surface area contributed by atoms with Crippen LogP contribution in [0.5, 0.6) is 0 Å². The molecule has 84 valence electrons. The zero-order valence-electron chi connectivity index (χ0n) is 9.31. The van der Waals surface area contributed by atoms with E-state index in [0.29, 0.717) is 0 Å². The molecule has 1 fully saturated rings. The number of nitrogens with one attached hydrogen (secondary N) is 2. The number of aromatic amines is 1. The van der Waals surface area contributed by atoms with E-state index in [0.717, 1.165) is 23.1 Å². The molecule has 0 atom stereocenters. The molecule has 1 aliphatic rings. The minimum Gasteiger partial charge on any atom is -0.356 e. The van der Waals surface area contributed by atoms with E-state index in [1.165, 1.54) is 29.5 Å². The van der Waals surface area contributed by atoms with Gasteiger partial charge in [0.15, 0.2) is 0 Å². The third-order valence-corrected chi connectivity index (χ3v) is 3.61. The van der Waals surface area contributed by atoms with Crippen LogP contribution in [-0.4, -0.2) is 11.0 Å². The van der Waals surface area contributed by atoms with Crippen LogP contribution in [0.2, 0.25) is 5.02 Å². The molecule has 2 aromatic rings. The Labute approximate surface area is 100.0 Å². The quantitative estimate of drug-likeness (QED) is 0.837. The molecule has 2 nitrogen and oxygen atoms in total. The lowest BCUT2D eigenvalue weighted by atomic mass is 10.1. The molecule has 0 bridgehead atoms. The molecule has 1 aromatic heterocycles. The maximum Gasteiger partial charge on any atom is 0.0648 e. The molecule has 2 N–H and O–H groups in total. The van der Waals surface area contributed by atoms with Crippen LogP contribution >= 0.6 is 11.6 Å². The summed E-state index contributed by atoms with van der Waals surface area (Å²) in [5, 5.41) is 5.56. The van der Waals surface area contributed by atoms with E-state index in [-0.39, 0.29) is 0 Å². The van der Waals surface area contributed by atoms with Gasteiger partial charge in [0, 0.05) is 23.7 Å². The van der Waals surface area contributed by atoms with Crippen molar-refractivity contribution in [2.24, 2.45) is 0 Å². The molecule has 1 heterocycles. The zero-order chi connectivity index (χ0) is 11.1. The number of H-pyrrole nitrogens is 1. The molecule has 0 unspecified atom stereocenters. The molecule has 0 saturated heterocycles. The van der Waals surface area contributed by atoms with E-state index in [1.54, 1.807) is 0 Å². The predicted octanol–water partition coefficient (Wildman–Crippen LogP) is 3.38. The largest absolute Gasteiger partial charge is 0.356 e. The molecule has 3 rings (SSSR count). The Kier molecular flexibility index (Phi) is 2.41. The summed E-state index contributed by atoms with van der Waals surface area (Å²) in [5.74, 6) is 0. The van der Waals surface area contributed by atoms with Gasteiger partial charge >= 0.3 is 0 Å². The number of rotatable bonds is 3. The molecule has 16 heavy (non-hydrogen) atoms. The van der Waals surface area contributed by atoms with E-state index in [2.05, 4.69) is 23.3 Å². The third kappa shape index (κ3) is 1.72. The maximum absolute atomic E-state index is 6.17. The van der Waals surface area contributed by atoms with Crippen LogP contribution in [0.25, 0.3) is 10.9 Å². The van der Waals surface area contributed by atoms with Gasteiger partial charge in [0.1, 0.15) is 0 Å². The van der Waals surface area contributed by atoms with Crippen molar-refractivity contribution < 1.29 is 0 Å². The number of aromatic nitrogens is 1. The Morgan fingerprint density at radius 1 is 1.44 bits per heavy atom. The Bertz CT molecular complexity index is 526. The average molecular weight is 235 g/mol. The van der Waals surface area contributed by atoms with Crippen LogP contribution in [0.3, 0.4) is 0 Å². The van der Waals surface area contributed by atoms with Crippen molar-refractivity contribution in [2.45, 2.75) is 32.4 Å². The van der Waals surface area contributed by atoms with E-state index < -0.39 is 0 Å². The highest BCUT2D eigenvalue weighted by molar-refractivity contribution is 6.35. The van der Waals surface area contributed by atoms with Gasteiger partial charge < -0.3 is 10.3 Å². The van der Waals surface area contributed by atoms with Gasteiger partial charge in [-0.05, 0) is 31.4 Å². The summed E-state index contributed by atoms with van der Waals surface area (Å²) >= 11 is 6.17. The van der Waals surface area contributed by atoms with Crippen LogP contribution in [0.15, 0.2) is 18.2 Å². The lowest BCUT2D eigenvalue weighted by Crippen LogP contribution is -2.16. The van der Waals surface area contributed by atoms with Crippen molar-refractivity contribution in [3.05, 3.63) is 34.5 Å². The standard InChI is InChI=1S/C13H15ClN2/c1-8-10-3-2-4-11(14)13(10)16-12(8)7-15-9-5-6-9/h2-4,9,15-16H,5-7H2,1H3. The maximum atomic E-state index is 6.17. The van der Waals surface area contributed by atoms with Gasteiger partial charge in [0.25, 0.3) is 0 Å². The average Bonchev–Trinajstić information content (AvgIpc) is 3.04. The number of para-hydroxylation sites is 1. The fourth-order valence-electron chi connectivity index (χ4n) is 2.08. The van der Waals surface area contributed by atoms with Gasteiger partial charge in [-0.15, -0.1) is 0 Å². The monoisotopic (exact) mass is 234 g/mol. The Balaban J connectivity index is 1.97. The minimum atomic E-state index is 0.737. The summed E-state index contributed by atoms with van der Waals surface area (Å²) in [6.45, 7) is 3.07. The van der Waals surface area contributed by atoms with E-state index >= 15 is 0 Å². The summed E-state index contributed by atoms with van der Waals surface area (Å²) in [6.07, 6.45) is 2.64. The first-order valence-electron chi connectivity index (χ1n) is 5.75. The van der Waals surface area contributed by atoms with Gasteiger partial charge in [-0.2, -0.15) is 0 Å². The van der Waals surface area contributed by atoms with Gasteiger partial charge in [-0.1, -0.05) is 23.7 Å². The molecule has 0 radical (unpaired) electrons. The number of hydrogen-bond acceptors (Lipinski definition) is 1. The van der Waals surface area contributed by atoms with Gasteiger partial charge in [0.2, 0.25) is 0 Å². The summed E-state index contributed by atoms with van der Waals surface area (Å²) in [4.78, 5) is 3.42.